The van der Waals surface area contributed by atoms with Gasteiger partial charge in [-0.2, -0.15) is 0 Å². The van der Waals surface area contributed by atoms with Gasteiger partial charge in [0, 0.05) is 5.56 Å². The first-order valence-corrected chi connectivity index (χ1v) is 12.8. The van der Waals surface area contributed by atoms with Gasteiger partial charge >= 0.3 is 5.97 Å². The number of esters is 1. The maximum absolute atomic E-state index is 11.6. The summed E-state index contributed by atoms with van der Waals surface area (Å²) >= 11 is 0. The van der Waals surface area contributed by atoms with E-state index in [-0.39, 0.29) is 18.1 Å². The molecule has 1 aliphatic heterocycles. The largest absolute Gasteiger partial charge is 0.508 e. The molecule has 0 aromatic heterocycles. The zero-order valence-corrected chi connectivity index (χ0v) is 20.7. The highest BCUT2D eigenvalue weighted by molar-refractivity contribution is 5.82. The Hall–Kier alpha value is -1.51. The number of phenols is 1. The minimum absolute atomic E-state index is 0.214. The van der Waals surface area contributed by atoms with E-state index in [9.17, 15) is 9.90 Å². The molecule has 0 amide bonds. The standard InChI is InChI=1S/C28H46O3/c1-20(2)9-6-10-21(3)11-7-12-22(4)13-8-14-23(5)15-16-24-17-26(29)18-25-19-27(30)31-28(24)25/h17-18,20-23,29H,6-16,19H2,1-5H3. The topological polar surface area (TPSA) is 46.5 Å². The third kappa shape index (κ3) is 9.66. The molecule has 176 valence electrons. The van der Waals surface area contributed by atoms with Crippen molar-refractivity contribution in [3.63, 3.8) is 0 Å². The molecule has 3 heteroatoms. The quantitative estimate of drug-likeness (QED) is 0.227. The number of aryl methyl sites for hydroxylation is 1. The molecule has 1 N–H and O–H groups in total. The van der Waals surface area contributed by atoms with E-state index < -0.39 is 0 Å². The number of fused-ring (bicyclic) bond motifs is 1. The predicted molar refractivity (Wildman–Crippen MR) is 130 cm³/mol. The Balaban J connectivity index is 1.58. The number of ether oxygens (including phenoxy) is 1. The van der Waals surface area contributed by atoms with E-state index in [4.69, 9.17) is 4.74 Å². The van der Waals surface area contributed by atoms with E-state index in [2.05, 4.69) is 34.6 Å². The van der Waals surface area contributed by atoms with Crippen molar-refractivity contribution < 1.29 is 14.6 Å². The summed E-state index contributed by atoms with van der Waals surface area (Å²) in [7, 11) is 0. The molecule has 0 aliphatic carbocycles. The molecule has 0 radical (unpaired) electrons. The molecule has 0 spiro atoms. The molecule has 31 heavy (non-hydrogen) atoms. The van der Waals surface area contributed by atoms with Gasteiger partial charge in [0.25, 0.3) is 0 Å². The summed E-state index contributed by atoms with van der Waals surface area (Å²) < 4.78 is 5.37. The summed E-state index contributed by atoms with van der Waals surface area (Å²) in [5, 5.41) is 9.93. The van der Waals surface area contributed by atoms with Crippen LogP contribution >= 0.6 is 0 Å². The Labute approximate surface area is 191 Å². The lowest BCUT2D eigenvalue weighted by atomic mass is 9.90. The average molecular weight is 431 g/mol. The Kier molecular flexibility index (Phi) is 10.9. The van der Waals surface area contributed by atoms with E-state index in [1.54, 1.807) is 12.1 Å². The number of carbonyl (C=O) groups excluding carboxylic acids is 1. The molecule has 3 nitrogen and oxygen atoms in total. The van der Waals surface area contributed by atoms with Crippen molar-refractivity contribution in [2.45, 2.75) is 112 Å². The second kappa shape index (κ2) is 13.1. The van der Waals surface area contributed by atoms with Gasteiger partial charge in [0.15, 0.2) is 0 Å². The van der Waals surface area contributed by atoms with Crippen LogP contribution in [0.15, 0.2) is 12.1 Å². The lowest BCUT2D eigenvalue weighted by Crippen LogP contribution is -2.03. The summed E-state index contributed by atoms with van der Waals surface area (Å²) in [4.78, 5) is 11.6. The zero-order valence-electron chi connectivity index (χ0n) is 20.7. The molecular formula is C28H46O3. The second-order valence-electron chi connectivity index (χ2n) is 10.8. The fraction of sp³-hybridized carbons (Fsp3) is 0.750. The number of benzene rings is 1. The van der Waals surface area contributed by atoms with Crippen molar-refractivity contribution in [2.75, 3.05) is 0 Å². The monoisotopic (exact) mass is 430 g/mol. The molecule has 1 aromatic rings. The van der Waals surface area contributed by atoms with Crippen LogP contribution in [0.1, 0.15) is 110 Å². The van der Waals surface area contributed by atoms with E-state index >= 15 is 0 Å². The first kappa shape index (κ1) is 25.7. The van der Waals surface area contributed by atoms with E-state index in [0.29, 0.717) is 11.7 Å². The molecule has 1 heterocycles. The third-order valence-corrected chi connectivity index (χ3v) is 6.95. The fourth-order valence-corrected chi connectivity index (χ4v) is 4.83. The van der Waals surface area contributed by atoms with Gasteiger partial charge in [0.2, 0.25) is 0 Å². The van der Waals surface area contributed by atoms with Crippen molar-refractivity contribution in [2.24, 2.45) is 23.7 Å². The Morgan fingerprint density at radius 2 is 1.32 bits per heavy atom. The molecule has 0 saturated carbocycles. The van der Waals surface area contributed by atoms with Gasteiger partial charge in [-0.1, -0.05) is 92.4 Å². The van der Waals surface area contributed by atoms with Gasteiger partial charge in [0.1, 0.15) is 11.5 Å². The van der Waals surface area contributed by atoms with Gasteiger partial charge in [-0.3, -0.25) is 4.79 Å². The number of hydrogen-bond donors (Lipinski definition) is 1. The van der Waals surface area contributed by atoms with Gasteiger partial charge in [-0.05, 0) is 54.2 Å². The highest BCUT2D eigenvalue weighted by Crippen LogP contribution is 2.35. The van der Waals surface area contributed by atoms with Crippen molar-refractivity contribution in [1.82, 2.24) is 0 Å². The molecule has 1 aliphatic rings. The SMILES string of the molecule is CC(C)CCCC(C)CCCC(C)CCCC(C)CCc1cc(O)cc2c1OC(=O)C2. The maximum Gasteiger partial charge on any atom is 0.315 e. The normalized spacial score (nSPS) is 16.3. The summed E-state index contributed by atoms with van der Waals surface area (Å²) in [6.45, 7) is 11.8. The lowest BCUT2D eigenvalue weighted by Gasteiger charge is -2.16. The zero-order chi connectivity index (χ0) is 22.8. The Morgan fingerprint density at radius 3 is 1.87 bits per heavy atom. The van der Waals surface area contributed by atoms with E-state index in [1.165, 1.54) is 57.8 Å². The number of hydrogen-bond acceptors (Lipinski definition) is 3. The molecule has 2 rings (SSSR count). The first-order chi connectivity index (χ1) is 14.7. The molecular weight excluding hydrogens is 384 g/mol. The lowest BCUT2D eigenvalue weighted by molar-refractivity contribution is -0.131. The van der Waals surface area contributed by atoms with Crippen LogP contribution in [-0.2, 0) is 17.6 Å². The second-order valence-corrected chi connectivity index (χ2v) is 10.8. The van der Waals surface area contributed by atoms with Crippen LogP contribution in [0.2, 0.25) is 0 Å². The molecule has 0 saturated heterocycles. The molecule has 3 unspecified atom stereocenters. The summed E-state index contributed by atoms with van der Waals surface area (Å²) in [5.41, 5.74) is 1.80. The van der Waals surface area contributed by atoms with Crippen molar-refractivity contribution in [3.8, 4) is 11.5 Å². The number of phenolic OH excluding ortho intramolecular Hbond substituents is 1. The van der Waals surface area contributed by atoms with Crippen molar-refractivity contribution >= 4 is 5.97 Å². The average Bonchev–Trinajstić information content (AvgIpc) is 3.05. The van der Waals surface area contributed by atoms with Gasteiger partial charge in [-0.15, -0.1) is 0 Å². The minimum Gasteiger partial charge on any atom is -0.508 e. The molecule has 0 bridgehead atoms. The fourth-order valence-electron chi connectivity index (χ4n) is 4.83. The number of carbonyl (C=O) groups is 1. The van der Waals surface area contributed by atoms with Gasteiger partial charge in [-0.25, -0.2) is 0 Å². The smallest absolute Gasteiger partial charge is 0.315 e. The third-order valence-electron chi connectivity index (χ3n) is 6.95. The molecule has 3 atom stereocenters. The van der Waals surface area contributed by atoms with E-state index in [1.807, 2.05) is 0 Å². The van der Waals surface area contributed by atoms with Gasteiger partial charge in [0.05, 0.1) is 6.42 Å². The van der Waals surface area contributed by atoms with Crippen LogP contribution in [0, 0.1) is 23.7 Å². The van der Waals surface area contributed by atoms with Gasteiger partial charge < -0.3 is 9.84 Å². The molecule has 0 fully saturated rings. The molecule has 1 aromatic carbocycles. The number of rotatable bonds is 15. The highest BCUT2D eigenvalue weighted by Gasteiger charge is 2.24. The number of aromatic hydroxyl groups is 1. The summed E-state index contributed by atoms with van der Waals surface area (Å²) in [6, 6.07) is 3.41. The van der Waals surface area contributed by atoms with Crippen LogP contribution in [0.25, 0.3) is 0 Å². The minimum atomic E-state index is -0.214. The first-order valence-electron chi connectivity index (χ1n) is 12.8. The van der Waals surface area contributed by atoms with Crippen molar-refractivity contribution in [3.05, 3.63) is 23.3 Å². The Morgan fingerprint density at radius 1 is 0.806 bits per heavy atom. The maximum atomic E-state index is 11.6. The highest BCUT2D eigenvalue weighted by atomic mass is 16.5. The van der Waals surface area contributed by atoms with Crippen LogP contribution < -0.4 is 4.74 Å². The van der Waals surface area contributed by atoms with Crippen LogP contribution in [0.4, 0.5) is 0 Å². The summed E-state index contributed by atoms with van der Waals surface area (Å²) in [6.07, 6.45) is 14.3. The van der Waals surface area contributed by atoms with Crippen LogP contribution in [0.3, 0.4) is 0 Å². The predicted octanol–water partition coefficient (Wildman–Crippen LogP) is 7.86. The Bertz CT molecular complexity index is 679. The van der Waals surface area contributed by atoms with Crippen LogP contribution in [-0.4, -0.2) is 11.1 Å². The van der Waals surface area contributed by atoms with Crippen molar-refractivity contribution in [1.29, 1.82) is 0 Å². The van der Waals surface area contributed by atoms with E-state index in [0.717, 1.165) is 41.7 Å². The summed E-state index contributed by atoms with van der Waals surface area (Å²) in [5.74, 6) is 3.91. The van der Waals surface area contributed by atoms with Crippen LogP contribution in [0.5, 0.6) is 11.5 Å².